The van der Waals surface area contributed by atoms with Gasteiger partial charge in [-0.25, -0.2) is 15.0 Å². The van der Waals surface area contributed by atoms with Gasteiger partial charge in [-0.1, -0.05) is 36.9 Å². The van der Waals surface area contributed by atoms with Crippen LogP contribution >= 0.6 is 0 Å². The molecule has 3 aromatic carbocycles. The van der Waals surface area contributed by atoms with Gasteiger partial charge in [0.1, 0.15) is 12.1 Å². The molecule has 4 N–H and O–H groups in total. The number of carbonyl (C=O) groups is 2. The molecule has 8 nitrogen and oxygen atoms in total. The van der Waals surface area contributed by atoms with Gasteiger partial charge in [-0.15, -0.1) is 0 Å². The van der Waals surface area contributed by atoms with E-state index in [9.17, 15) is 9.59 Å². The average molecular weight is 487 g/mol. The Bertz CT molecular complexity index is 1630. The van der Waals surface area contributed by atoms with Gasteiger partial charge in [0.25, 0.3) is 5.91 Å². The number of amides is 2. The van der Waals surface area contributed by atoms with Crippen LogP contribution in [0.2, 0.25) is 0 Å². The van der Waals surface area contributed by atoms with Crippen LogP contribution in [0.25, 0.3) is 33.2 Å². The van der Waals surface area contributed by atoms with Crippen molar-refractivity contribution in [1.82, 2.24) is 15.0 Å². The lowest BCUT2D eigenvalue weighted by Gasteiger charge is -2.15. The molecule has 180 valence electrons. The molecule has 0 atom stereocenters. The van der Waals surface area contributed by atoms with Crippen molar-refractivity contribution < 1.29 is 9.59 Å². The van der Waals surface area contributed by atoms with Crippen LogP contribution in [0, 0.1) is 0 Å². The van der Waals surface area contributed by atoms with Gasteiger partial charge in [-0.2, -0.15) is 0 Å². The van der Waals surface area contributed by atoms with Gasteiger partial charge in [-0.05, 0) is 59.7 Å². The zero-order valence-corrected chi connectivity index (χ0v) is 19.7. The second kappa shape index (κ2) is 10.1. The summed E-state index contributed by atoms with van der Waals surface area (Å²) in [5.41, 5.74) is 12.2. The Morgan fingerprint density at radius 2 is 1.70 bits per heavy atom. The molecule has 2 aromatic heterocycles. The zero-order chi connectivity index (χ0) is 25.8. The summed E-state index contributed by atoms with van der Waals surface area (Å²) < 4.78 is 0. The Balaban J connectivity index is 1.54. The molecule has 8 heteroatoms. The number of benzene rings is 3. The molecule has 5 aromatic rings. The maximum Gasteiger partial charge on any atom is 0.256 e. The predicted molar refractivity (Wildman–Crippen MR) is 146 cm³/mol. The molecule has 0 saturated carbocycles. The highest BCUT2D eigenvalue weighted by molar-refractivity contribution is 6.08. The number of anilines is 3. The maximum atomic E-state index is 12.6. The largest absolute Gasteiger partial charge is 0.398 e. The highest BCUT2D eigenvalue weighted by atomic mass is 16.2. The number of hydrogen-bond donors (Lipinski definition) is 3. The molecule has 0 aliphatic carbocycles. The molecule has 0 fully saturated rings. The van der Waals surface area contributed by atoms with Gasteiger partial charge in [0.2, 0.25) is 5.91 Å². The third-order valence-electron chi connectivity index (χ3n) is 5.83. The molecule has 5 rings (SSSR count). The third kappa shape index (κ3) is 4.89. The number of fused-ring (bicyclic) bond motifs is 1. The van der Waals surface area contributed by atoms with E-state index in [2.05, 4.69) is 32.2 Å². The van der Waals surface area contributed by atoms with Crippen molar-refractivity contribution in [3.05, 3.63) is 110 Å². The topological polar surface area (TPSA) is 123 Å². The number of nitrogens with one attached hydrogen (secondary N) is 2. The van der Waals surface area contributed by atoms with Crippen LogP contribution in [0.1, 0.15) is 10.4 Å². The van der Waals surface area contributed by atoms with Gasteiger partial charge >= 0.3 is 0 Å². The Kier molecular flexibility index (Phi) is 6.37. The minimum atomic E-state index is -0.297. The third-order valence-corrected chi connectivity index (χ3v) is 5.83. The first-order valence-electron chi connectivity index (χ1n) is 11.4. The van der Waals surface area contributed by atoms with Gasteiger partial charge in [0.15, 0.2) is 0 Å². The fourth-order valence-electron chi connectivity index (χ4n) is 4.02. The Hall–Kier alpha value is -5.37. The second-order valence-electron chi connectivity index (χ2n) is 8.19. The van der Waals surface area contributed by atoms with Crippen LogP contribution in [-0.4, -0.2) is 26.8 Å². The van der Waals surface area contributed by atoms with Gasteiger partial charge in [0, 0.05) is 40.2 Å². The van der Waals surface area contributed by atoms with Crippen LogP contribution in [0.15, 0.2) is 104 Å². The molecular weight excluding hydrogens is 464 g/mol. The fourth-order valence-corrected chi connectivity index (χ4v) is 4.02. The molecular formula is C29H22N6O2. The number of pyridine rings is 1. The number of nitrogens with zero attached hydrogens (tertiary/aromatic N) is 3. The standard InChI is InChI=1S/C29H22N6O2/c1-2-26(36)34-21-7-5-6-20(14-21)23-15-22(27(30)24-16-31-17-33-28(23)24)18-9-11-19(12-10-18)29(37)35-25-8-3-4-13-32-25/h2-17H,1,30H2,(H,34,36)(H,32,35,37). The zero-order valence-electron chi connectivity index (χ0n) is 19.7. The molecule has 0 aliphatic heterocycles. The van der Waals surface area contributed by atoms with Crippen molar-refractivity contribution in [2.24, 2.45) is 0 Å². The average Bonchev–Trinajstić information content (AvgIpc) is 2.94. The number of nitrogen functional groups attached to an aromatic ring is 1. The lowest BCUT2D eigenvalue weighted by atomic mass is 9.93. The van der Waals surface area contributed by atoms with Crippen molar-refractivity contribution in [3.8, 4) is 22.3 Å². The van der Waals surface area contributed by atoms with Crippen molar-refractivity contribution in [2.75, 3.05) is 16.4 Å². The van der Waals surface area contributed by atoms with E-state index in [-0.39, 0.29) is 11.8 Å². The minimum absolute atomic E-state index is 0.260. The molecule has 2 heterocycles. The summed E-state index contributed by atoms with van der Waals surface area (Å²) >= 11 is 0. The van der Waals surface area contributed by atoms with Crippen molar-refractivity contribution >= 4 is 39.9 Å². The van der Waals surface area contributed by atoms with Crippen LogP contribution in [0.3, 0.4) is 0 Å². The Morgan fingerprint density at radius 3 is 2.46 bits per heavy atom. The van der Waals surface area contributed by atoms with Crippen LogP contribution in [0.4, 0.5) is 17.2 Å². The summed E-state index contributed by atoms with van der Waals surface area (Å²) in [6.45, 7) is 3.50. The summed E-state index contributed by atoms with van der Waals surface area (Å²) in [7, 11) is 0. The molecule has 0 bridgehead atoms. The molecule has 37 heavy (non-hydrogen) atoms. The number of hydrogen-bond acceptors (Lipinski definition) is 6. The Labute approximate surface area is 212 Å². The highest BCUT2D eigenvalue weighted by Gasteiger charge is 2.16. The normalized spacial score (nSPS) is 10.6. The van der Waals surface area contributed by atoms with E-state index in [0.29, 0.717) is 33.7 Å². The lowest BCUT2D eigenvalue weighted by molar-refractivity contribution is -0.111. The molecule has 0 unspecified atom stereocenters. The van der Waals surface area contributed by atoms with E-state index in [0.717, 1.165) is 22.3 Å². The van der Waals surface area contributed by atoms with Gasteiger partial charge in [-0.3, -0.25) is 9.59 Å². The summed E-state index contributed by atoms with van der Waals surface area (Å²) in [5.74, 6) is -0.0785. The first-order valence-corrected chi connectivity index (χ1v) is 11.4. The molecule has 0 spiro atoms. The quantitative estimate of drug-likeness (QED) is 0.221. The van der Waals surface area contributed by atoms with Crippen molar-refractivity contribution in [1.29, 1.82) is 0 Å². The highest BCUT2D eigenvalue weighted by Crippen LogP contribution is 2.39. The fraction of sp³-hybridized carbons (Fsp3) is 0. The number of carbonyl (C=O) groups excluding carboxylic acids is 2. The molecule has 0 aliphatic rings. The number of aromatic nitrogens is 3. The molecule has 0 radical (unpaired) electrons. The van der Waals surface area contributed by atoms with E-state index in [1.54, 1.807) is 48.8 Å². The molecule has 0 saturated heterocycles. The monoisotopic (exact) mass is 486 g/mol. The van der Waals surface area contributed by atoms with Gasteiger partial charge < -0.3 is 16.4 Å². The summed E-state index contributed by atoms with van der Waals surface area (Å²) in [6, 6.07) is 21.9. The van der Waals surface area contributed by atoms with Gasteiger partial charge in [0.05, 0.1) is 11.2 Å². The first kappa shape index (κ1) is 23.4. The number of nitrogens with two attached hydrogens (primary N) is 1. The van der Waals surface area contributed by atoms with Crippen LogP contribution in [0.5, 0.6) is 0 Å². The van der Waals surface area contributed by atoms with Crippen LogP contribution < -0.4 is 16.4 Å². The summed E-state index contributed by atoms with van der Waals surface area (Å²) in [5, 5.41) is 6.27. The summed E-state index contributed by atoms with van der Waals surface area (Å²) in [4.78, 5) is 37.2. The second-order valence-corrected chi connectivity index (χ2v) is 8.19. The van der Waals surface area contributed by atoms with E-state index < -0.39 is 0 Å². The smallest absolute Gasteiger partial charge is 0.256 e. The SMILES string of the molecule is C=CC(=O)Nc1cccc(-c2cc(-c3ccc(C(=O)Nc4ccccn4)cc3)c(N)c3cncnc23)c1. The predicted octanol–water partition coefficient (Wildman–Crippen LogP) is 5.32. The van der Waals surface area contributed by atoms with E-state index >= 15 is 0 Å². The van der Waals surface area contributed by atoms with Crippen molar-refractivity contribution in [3.63, 3.8) is 0 Å². The van der Waals surface area contributed by atoms with Crippen LogP contribution in [-0.2, 0) is 4.79 Å². The lowest BCUT2D eigenvalue weighted by Crippen LogP contribution is -2.12. The van der Waals surface area contributed by atoms with E-state index in [4.69, 9.17) is 5.73 Å². The van der Waals surface area contributed by atoms with E-state index in [1.807, 2.05) is 36.4 Å². The minimum Gasteiger partial charge on any atom is -0.398 e. The van der Waals surface area contributed by atoms with Crippen molar-refractivity contribution in [2.45, 2.75) is 0 Å². The maximum absolute atomic E-state index is 12.6. The summed E-state index contributed by atoms with van der Waals surface area (Å²) in [6.07, 6.45) is 5.99. The number of rotatable bonds is 6. The van der Waals surface area contributed by atoms with E-state index in [1.165, 1.54) is 12.4 Å². The molecule has 2 amide bonds. The first-order chi connectivity index (χ1) is 18.0. The Morgan fingerprint density at radius 1 is 0.865 bits per heavy atom.